The third kappa shape index (κ3) is 3.90. The van der Waals surface area contributed by atoms with Crippen LogP contribution in [0.5, 0.6) is 0 Å². The number of anilines is 2. The van der Waals surface area contributed by atoms with E-state index < -0.39 is 0 Å². The first-order valence-electron chi connectivity index (χ1n) is 17.8. The van der Waals surface area contributed by atoms with Crippen LogP contribution in [0.4, 0.5) is 11.6 Å². The average Bonchev–Trinajstić information content (AvgIpc) is 3.85. The Morgan fingerprint density at radius 1 is 0.712 bits per heavy atom. The van der Waals surface area contributed by atoms with Crippen LogP contribution in [0.25, 0.3) is 54.0 Å². The number of hydrogen-bond donors (Lipinski definition) is 1. The first-order chi connectivity index (χ1) is 25.8. The summed E-state index contributed by atoms with van der Waals surface area (Å²) in [6.07, 6.45) is 10.9. The molecular formula is C46H29N5S. The van der Waals surface area contributed by atoms with Crippen molar-refractivity contribution in [2.24, 2.45) is 4.99 Å². The fourth-order valence-electron chi connectivity index (χ4n) is 8.95. The SMILES string of the molecule is C1=CC2=NC3=C(NC2C=C1)c1cccc2c1C3=CC1C2c2ccccc2N1c1nc(-c2cccc(-c3ccccc3)c2)c2sc3ccccc3c2n1. The predicted molar refractivity (Wildman–Crippen MR) is 214 cm³/mol. The predicted octanol–water partition coefficient (Wildman–Crippen LogP) is 10.4. The smallest absolute Gasteiger partial charge is 0.231 e. The minimum atomic E-state index is -0.0347. The topological polar surface area (TPSA) is 53.4 Å². The zero-order chi connectivity index (χ0) is 33.9. The monoisotopic (exact) mass is 683 g/mol. The summed E-state index contributed by atoms with van der Waals surface area (Å²) in [6.45, 7) is 0. The van der Waals surface area contributed by atoms with Crippen LogP contribution in [-0.2, 0) is 0 Å². The summed E-state index contributed by atoms with van der Waals surface area (Å²) in [7, 11) is 0. The Labute approximate surface area is 304 Å². The van der Waals surface area contributed by atoms with Gasteiger partial charge < -0.3 is 10.2 Å². The minimum Gasteiger partial charge on any atom is -0.371 e. The van der Waals surface area contributed by atoms with E-state index in [2.05, 4.69) is 162 Å². The van der Waals surface area contributed by atoms with Gasteiger partial charge in [-0.2, -0.15) is 0 Å². The maximum atomic E-state index is 5.56. The molecule has 3 aliphatic carbocycles. The highest BCUT2D eigenvalue weighted by molar-refractivity contribution is 7.26. The zero-order valence-corrected chi connectivity index (χ0v) is 28.7. The number of nitrogens with zero attached hydrogens (tertiary/aromatic N) is 4. The molecule has 0 spiro atoms. The van der Waals surface area contributed by atoms with Crippen LogP contribution >= 0.6 is 11.3 Å². The van der Waals surface area contributed by atoms with Crippen molar-refractivity contribution in [1.82, 2.24) is 15.3 Å². The summed E-state index contributed by atoms with van der Waals surface area (Å²) in [4.78, 5) is 18.7. The number of rotatable bonds is 3. The number of thiophene rings is 1. The molecule has 5 nitrogen and oxygen atoms in total. The lowest BCUT2D eigenvalue weighted by atomic mass is 9.78. The van der Waals surface area contributed by atoms with Gasteiger partial charge in [-0.05, 0) is 52.1 Å². The molecule has 244 valence electrons. The highest BCUT2D eigenvalue weighted by Crippen LogP contribution is 2.57. The van der Waals surface area contributed by atoms with Crippen LogP contribution in [0.2, 0.25) is 0 Å². The Morgan fingerprint density at radius 2 is 1.52 bits per heavy atom. The molecule has 1 N–H and O–H groups in total. The third-order valence-corrected chi connectivity index (χ3v) is 12.3. The molecule has 5 aliphatic rings. The van der Waals surface area contributed by atoms with E-state index in [1.807, 2.05) is 0 Å². The molecule has 52 heavy (non-hydrogen) atoms. The van der Waals surface area contributed by atoms with Crippen molar-refractivity contribution in [2.45, 2.75) is 18.0 Å². The Kier molecular flexibility index (Phi) is 5.76. The summed E-state index contributed by atoms with van der Waals surface area (Å²) in [5, 5.41) is 4.99. The summed E-state index contributed by atoms with van der Waals surface area (Å²) >= 11 is 1.77. The van der Waals surface area contributed by atoms with Crippen molar-refractivity contribution in [2.75, 3.05) is 4.90 Å². The molecule has 0 saturated heterocycles. The second kappa shape index (κ2) is 10.6. The van der Waals surface area contributed by atoms with Crippen molar-refractivity contribution in [1.29, 1.82) is 0 Å². The normalized spacial score (nSPS) is 20.2. The number of aliphatic imine (C=N–C) groups is 1. The molecule has 0 fully saturated rings. The zero-order valence-electron chi connectivity index (χ0n) is 27.9. The summed E-state index contributed by atoms with van der Waals surface area (Å²) in [5.41, 5.74) is 16.1. The lowest BCUT2D eigenvalue weighted by Gasteiger charge is -2.32. The first kappa shape index (κ1) is 28.3. The van der Waals surface area contributed by atoms with Gasteiger partial charge in [0.15, 0.2) is 0 Å². The van der Waals surface area contributed by atoms with Gasteiger partial charge in [0.1, 0.15) is 0 Å². The quantitative estimate of drug-likeness (QED) is 0.201. The number of hydrogen-bond acceptors (Lipinski definition) is 6. The van der Waals surface area contributed by atoms with Crippen molar-refractivity contribution in [3.8, 4) is 22.4 Å². The Morgan fingerprint density at radius 3 is 2.48 bits per heavy atom. The van der Waals surface area contributed by atoms with Crippen LogP contribution in [0.3, 0.4) is 0 Å². The van der Waals surface area contributed by atoms with E-state index >= 15 is 0 Å². The molecule has 3 unspecified atom stereocenters. The van der Waals surface area contributed by atoms with E-state index in [-0.39, 0.29) is 18.0 Å². The average molecular weight is 684 g/mol. The van der Waals surface area contributed by atoms with Gasteiger partial charge >= 0.3 is 0 Å². The number of allylic oxidation sites excluding steroid dienone is 3. The molecule has 2 aromatic heterocycles. The van der Waals surface area contributed by atoms with Crippen molar-refractivity contribution in [3.63, 3.8) is 0 Å². The van der Waals surface area contributed by atoms with Crippen molar-refractivity contribution < 1.29 is 0 Å². The van der Waals surface area contributed by atoms with E-state index in [1.165, 1.54) is 43.7 Å². The van der Waals surface area contributed by atoms with Crippen LogP contribution in [0.15, 0.2) is 162 Å². The van der Waals surface area contributed by atoms with E-state index in [9.17, 15) is 0 Å². The maximum absolute atomic E-state index is 5.56. The van der Waals surface area contributed by atoms with Crippen molar-refractivity contribution >= 4 is 60.3 Å². The second-order valence-corrected chi connectivity index (χ2v) is 15.0. The lowest BCUT2D eigenvalue weighted by molar-refractivity contribution is 0.710. The van der Waals surface area contributed by atoms with Gasteiger partial charge in [0.2, 0.25) is 5.95 Å². The standard InChI is InChI=1S/C46H29N5S/c1-2-12-26(13-3-1)27-14-10-15-28(24-27)41-45-44(30-17-5-9-23-38(30)52-45)50-46(49-41)51-36-22-8-4-16-29(36)40-31-18-11-19-32-39(31)33(25-37(40)51)43-42(32)47-34-20-6-7-21-35(34)48-43/h1-25,34,37,40,47H. The summed E-state index contributed by atoms with van der Waals surface area (Å²) < 4.78 is 2.32. The van der Waals surface area contributed by atoms with Gasteiger partial charge in [-0.25, -0.2) is 15.0 Å². The molecule has 5 aromatic carbocycles. The van der Waals surface area contributed by atoms with Crippen molar-refractivity contribution in [3.05, 3.63) is 180 Å². The van der Waals surface area contributed by atoms with Gasteiger partial charge in [-0.3, -0.25) is 0 Å². The number of fused-ring (bicyclic) bond motifs is 10. The lowest BCUT2D eigenvalue weighted by Crippen LogP contribution is -2.36. The van der Waals surface area contributed by atoms with Gasteiger partial charge in [-0.15, -0.1) is 11.3 Å². The maximum Gasteiger partial charge on any atom is 0.231 e. The molecule has 0 bridgehead atoms. The molecule has 0 saturated carbocycles. The van der Waals surface area contributed by atoms with Crippen LogP contribution in [0, 0.1) is 0 Å². The van der Waals surface area contributed by atoms with Gasteiger partial charge in [0.05, 0.1) is 45.1 Å². The molecule has 4 heterocycles. The van der Waals surface area contributed by atoms with Crippen LogP contribution < -0.4 is 10.2 Å². The molecule has 7 aromatic rings. The number of benzene rings is 5. The van der Waals surface area contributed by atoms with E-state index in [0.29, 0.717) is 5.95 Å². The number of nitrogens with one attached hydrogen (secondary N) is 1. The van der Waals surface area contributed by atoms with Crippen LogP contribution in [-0.4, -0.2) is 27.8 Å². The Hall–Kier alpha value is -6.37. The second-order valence-electron chi connectivity index (χ2n) is 14.0. The molecular weight excluding hydrogens is 655 g/mol. The fraction of sp³-hybridized carbons (Fsp3) is 0.0652. The minimum absolute atomic E-state index is 0.0347. The molecule has 0 amide bonds. The molecule has 0 radical (unpaired) electrons. The molecule has 6 heteroatoms. The van der Waals surface area contributed by atoms with Gasteiger partial charge in [-0.1, -0.05) is 127 Å². The number of aromatic nitrogens is 2. The molecule has 2 aliphatic heterocycles. The Balaban J connectivity index is 1.09. The van der Waals surface area contributed by atoms with E-state index in [4.69, 9.17) is 15.0 Å². The highest BCUT2D eigenvalue weighted by atomic mass is 32.1. The molecule has 12 rings (SSSR count). The van der Waals surface area contributed by atoms with E-state index in [1.54, 1.807) is 11.3 Å². The summed E-state index contributed by atoms with van der Waals surface area (Å²) in [6, 6.07) is 43.6. The first-order valence-corrected chi connectivity index (χ1v) is 18.6. The summed E-state index contributed by atoms with van der Waals surface area (Å²) in [5.74, 6) is 0.836. The molecule has 3 atom stereocenters. The highest BCUT2D eigenvalue weighted by Gasteiger charge is 2.47. The largest absolute Gasteiger partial charge is 0.371 e. The van der Waals surface area contributed by atoms with Gasteiger partial charge in [0.25, 0.3) is 0 Å². The Bertz CT molecular complexity index is 2860. The van der Waals surface area contributed by atoms with E-state index in [0.717, 1.165) is 49.7 Å². The fourth-order valence-corrected chi connectivity index (χ4v) is 10.1. The van der Waals surface area contributed by atoms with Crippen LogP contribution in [0.1, 0.15) is 28.2 Å². The third-order valence-electron chi connectivity index (χ3n) is 11.2. The van der Waals surface area contributed by atoms with Gasteiger partial charge in [0, 0.05) is 38.4 Å². The number of para-hydroxylation sites is 1.